The normalized spacial score (nSPS) is 15.4. The summed E-state index contributed by atoms with van der Waals surface area (Å²) in [5.41, 5.74) is -0.822. The molecule has 134 valence electrons. The lowest BCUT2D eigenvalue weighted by molar-refractivity contribution is 0.0374. The second-order valence-corrected chi connectivity index (χ2v) is 6.19. The molecule has 1 aliphatic heterocycles. The first-order chi connectivity index (χ1) is 12.1. The Morgan fingerprint density at radius 3 is 2.88 bits per heavy atom. The fourth-order valence-electron chi connectivity index (χ4n) is 2.72. The third-order valence-electron chi connectivity index (χ3n) is 4.04. The topological polar surface area (TPSA) is 96.2 Å². The zero-order valence-corrected chi connectivity index (χ0v) is 14.3. The summed E-state index contributed by atoms with van der Waals surface area (Å²) >= 11 is 5.87. The van der Waals surface area contributed by atoms with Gasteiger partial charge in [-0.3, -0.25) is 18.9 Å². The van der Waals surface area contributed by atoms with E-state index in [2.05, 4.69) is 15.2 Å². The summed E-state index contributed by atoms with van der Waals surface area (Å²) in [4.78, 5) is 30.8. The maximum atomic E-state index is 12.4. The Balaban J connectivity index is 1.66. The summed E-state index contributed by atoms with van der Waals surface area (Å²) < 4.78 is 6.42. The van der Waals surface area contributed by atoms with Crippen molar-refractivity contribution in [2.75, 3.05) is 39.4 Å². The smallest absolute Gasteiger partial charge is 0.274 e. The van der Waals surface area contributed by atoms with Crippen LogP contribution in [0.25, 0.3) is 5.65 Å². The fraction of sp³-hybridized carbons (Fsp3) is 0.438. The SMILES string of the molecule is O=C(NCCCN1CCOCC1)c1c(O)nc2ccc(Cl)cn2c1=O. The second-order valence-electron chi connectivity index (χ2n) is 5.75. The Morgan fingerprint density at radius 1 is 1.36 bits per heavy atom. The standard InChI is InChI=1S/C16H19ClN4O4/c17-11-2-3-12-19-15(23)13(16(24)21(12)10-11)14(22)18-4-1-5-20-6-8-25-9-7-20/h2-3,10,23H,1,4-9H2,(H,18,22). The number of aromatic nitrogens is 2. The van der Waals surface area contributed by atoms with Crippen molar-refractivity contribution in [3.8, 4) is 5.88 Å². The van der Waals surface area contributed by atoms with E-state index < -0.39 is 17.3 Å². The van der Waals surface area contributed by atoms with Crippen molar-refractivity contribution in [1.29, 1.82) is 0 Å². The molecule has 0 bridgehead atoms. The third-order valence-corrected chi connectivity index (χ3v) is 4.26. The number of pyridine rings is 1. The molecule has 3 rings (SSSR count). The van der Waals surface area contributed by atoms with E-state index in [1.807, 2.05) is 0 Å². The van der Waals surface area contributed by atoms with Crippen molar-refractivity contribution < 1.29 is 14.6 Å². The van der Waals surface area contributed by atoms with E-state index in [-0.39, 0.29) is 11.2 Å². The lowest BCUT2D eigenvalue weighted by atomic mass is 10.2. The summed E-state index contributed by atoms with van der Waals surface area (Å²) in [5, 5.41) is 12.9. The van der Waals surface area contributed by atoms with Gasteiger partial charge in [0.2, 0.25) is 5.88 Å². The minimum atomic E-state index is -0.657. The molecule has 2 aromatic heterocycles. The van der Waals surface area contributed by atoms with E-state index in [4.69, 9.17) is 16.3 Å². The van der Waals surface area contributed by atoms with Crippen molar-refractivity contribution in [1.82, 2.24) is 19.6 Å². The van der Waals surface area contributed by atoms with Crippen LogP contribution in [0.5, 0.6) is 5.88 Å². The molecule has 0 spiro atoms. The number of rotatable bonds is 5. The maximum absolute atomic E-state index is 12.4. The van der Waals surface area contributed by atoms with Gasteiger partial charge in [0.25, 0.3) is 11.5 Å². The number of halogens is 1. The number of amides is 1. The highest BCUT2D eigenvalue weighted by atomic mass is 35.5. The molecule has 1 saturated heterocycles. The highest BCUT2D eigenvalue weighted by Gasteiger charge is 2.19. The lowest BCUT2D eigenvalue weighted by Gasteiger charge is -2.26. The molecular weight excluding hydrogens is 348 g/mol. The molecule has 3 heterocycles. The second kappa shape index (κ2) is 7.81. The predicted molar refractivity (Wildman–Crippen MR) is 92.3 cm³/mol. The van der Waals surface area contributed by atoms with E-state index in [0.29, 0.717) is 11.6 Å². The number of nitrogens with one attached hydrogen (secondary N) is 1. The van der Waals surface area contributed by atoms with Gasteiger partial charge in [-0.05, 0) is 25.1 Å². The molecule has 9 heteroatoms. The van der Waals surface area contributed by atoms with Crippen LogP contribution in [-0.4, -0.2) is 64.7 Å². The minimum absolute atomic E-state index is 0.218. The Morgan fingerprint density at radius 2 is 2.12 bits per heavy atom. The lowest BCUT2D eigenvalue weighted by Crippen LogP contribution is -2.38. The molecule has 1 amide bonds. The van der Waals surface area contributed by atoms with Crippen molar-refractivity contribution in [3.63, 3.8) is 0 Å². The molecule has 0 unspecified atom stereocenters. The van der Waals surface area contributed by atoms with E-state index in [1.54, 1.807) is 6.07 Å². The van der Waals surface area contributed by atoms with E-state index >= 15 is 0 Å². The van der Waals surface area contributed by atoms with Crippen molar-refractivity contribution in [2.24, 2.45) is 0 Å². The van der Waals surface area contributed by atoms with Gasteiger partial charge in [0, 0.05) is 25.8 Å². The molecule has 1 aliphatic rings. The van der Waals surface area contributed by atoms with Crippen LogP contribution in [0.1, 0.15) is 16.8 Å². The number of aromatic hydroxyl groups is 1. The van der Waals surface area contributed by atoms with Crippen LogP contribution in [0.4, 0.5) is 0 Å². The number of fused-ring (bicyclic) bond motifs is 1. The number of hydrogen-bond donors (Lipinski definition) is 2. The van der Waals surface area contributed by atoms with Crippen LogP contribution < -0.4 is 10.9 Å². The first-order valence-electron chi connectivity index (χ1n) is 8.05. The molecule has 25 heavy (non-hydrogen) atoms. The van der Waals surface area contributed by atoms with Crippen molar-refractivity contribution in [3.05, 3.63) is 39.3 Å². The average Bonchev–Trinajstić information content (AvgIpc) is 2.60. The number of ether oxygens (including phenoxy) is 1. The average molecular weight is 367 g/mol. The Hall–Kier alpha value is -2.16. The van der Waals surface area contributed by atoms with Gasteiger partial charge in [-0.1, -0.05) is 11.6 Å². The molecule has 1 fully saturated rings. The minimum Gasteiger partial charge on any atom is -0.493 e. The number of hydrogen-bond acceptors (Lipinski definition) is 6. The van der Waals surface area contributed by atoms with Gasteiger partial charge in [-0.2, -0.15) is 4.98 Å². The van der Waals surface area contributed by atoms with Gasteiger partial charge >= 0.3 is 0 Å². The van der Waals surface area contributed by atoms with E-state index in [0.717, 1.165) is 43.7 Å². The van der Waals surface area contributed by atoms with Crippen LogP contribution in [0, 0.1) is 0 Å². The van der Waals surface area contributed by atoms with Crippen LogP contribution in [0.3, 0.4) is 0 Å². The van der Waals surface area contributed by atoms with Gasteiger partial charge in [0.05, 0.1) is 18.2 Å². The zero-order valence-electron chi connectivity index (χ0n) is 13.6. The van der Waals surface area contributed by atoms with Crippen molar-refractivity contribution in [2.45, 2.75) is 6.42 Å². The first kappa shape index (κ1) is 17.7. The number of morpholine rings is 1. The van der Waals surface area contributed by atoms with Gasteiger partial charge in [-0.15, -0.1) is 0 Å². The molecule has 2 aromatic rings. The molecule has 0 atom stereocenters. The highest BCUT2D eigenvalue weighted by molar-refractivity contribution is 6.30. The third kappa shape index (κ3) is 4.09. The quantitative estimate of drug-likeness (QED) is 0.748. The van der Waals surface area contributed by atoms with Gasteiger partial charge in [0.1, 0.15) is 5.65 Å². The predicted octanol–water partition coefficient (Wildman–Crippen LogP) is 0.506. The molecule has 0 saturated carbocycles. The van der Waals surface area contributed by atoms with Gasteiger partial charge < -0.3 is 15.2 Å². The number of carbonyl (C=O) groups is 1. The molecule has 0 aliphatic carbocycles. The summed E-state index contributed by atoms with van der Waals surface area (Å²) in [5.74, 6) is -1.23. The van der Waals surface area contributed by atoms with Crippen LogP contribution in [0.2, 0.25) is 5.02 Å². The fourth-order valence-corrected chi connectivity index (χ4v) is 2.88. The maximum Gasteiger partial charge on any atom is 0.274 e. The van der Waals surface area contributed by atoms with Gasteiger partial charge in [0.15, 0.2) is 5.56 Å². The molecule has 2 N–H and O–H groups in total. The largest absolute Gasteiger partial charge is 0.493 e. The number of nitrogens with zero attached hydrogens (tertiary/aromatic N) is 3. The Bertz CT molecular complexity index is 833. The summed E-state index contributed by atoms with van der Waals surface area (Å²) in [6.07, 6.45) is 2.10. The monoisotopic (exact) mass is 366 g/mol. The Labute approximate surface area is 149 Å². The first-order valence-corrected chi connectivity index (χ1v) is 8.43. The molecular formula is C16H19ClN4O4. The summed E-state index contributed by atoms with van der Waals surface area (Å²) in [6, 6.07) is 3.04. The summed E-state index contributed by atoms with van der Waals surface area (Å²) in [7, 11) is 0. The van der Waals surface area contributed by atoms with E-state index in [1.165, 1.54) is 12.3 Å². The van der Waals surface area contributed by atoms with Crippen molar-refractivity contribution >= 4 is 23.2 Å². The summed E-state index contributed by atoms with van der Waals surface area (Å²) in [6.45, 7) is 4.44. The zero-order chi connectivity index (χ0) is 17.8. The molecule has 0 radical (unpaired) electrons. The molecule has 0 aromatic carbocycles. The van der Waals surface area contributed by atoms with E-state index in [9.17, 15) is 14.7 Å². The highest BCUT2D eigenvalue weighted by Crippen LogP contribution is 2.14. The van der Waals surface area contributed by atoms with Crippen LogP contribution in [0.15, 0.2) is 23.1 Å². The van der Waals surface area contributed by atoms with Gasteiger partial charge in [-0.25, -0.2) is 0 Å². The molecule has 8 nitrogen and oxygen atoms in total. The number of carbonyl (C=O) groups excluding carboxylic acids is 1. The Kier molecular flexibility index (Phi) is 5.52. The van der Waals surface area contributed by atoms with Crippen LogP contribution in [-0.2, 0) is 4.74 Å². The van der Waals surface area contributed by atoms with Crippen LogP contribution >= 0.6 is 11.6 Å².